The van der Waals surface area contributed by atoms with Crippen molar-refractivity contribution in [1.29, 1.82) is 0 Å². The molecular weight excluding hydrogens is 527 g/mol. The molecule has 0 spiro atoms. The Kier molecular flexibility index (Phi) is 15.0. The molecule has 2 aliphatic rings. The molecule has 2 heterocycles. The maximum atomic E-state index is 5.86. The number of aliphatic imine (C=N–C) groups is 1. The first-order valence-electron chi connectivity index (χ1n) is 12.8. The smallest absolute Gasteiger partial charge is 0.191 e. The number of likely N-dealkylation sites (tertiary alicyclic amines) is 1. The number of benzene rings is 1. The number of nitrogens with zero attached hydrogens (tertiary/aromatic N) is 2. The highest BCUT2D eigenvalue weighted by Gasteiger charge is 2.13. The van der Waals surface area contributed by atoms with Gasteiger partial charge in [-0.1, -0.05) is 37.1 Å². The van der Waals surface area contributed by atoms with Gasteiger partial charge in [0.25, 0.3) is 0 Å². The predicted octanol–water partition coefficient (Wildman–Crippen LogP) is 4.57. The molecule has 3 rings (SSSR count). The summed E-state index contributed by atoms with van der Waals surface area (Å²) in [5, 5.41) is 6.78. The molecule has 0 aromatic heterocycles. The van der Waals surface area contributed by atoms with Gasteiger partial charge >= 0.3 is 0 Å². The van der Waals surface area contributed by atoms with Crippen LogP contribution in [0.3, 0.4) is 0 Å². The second-order valence-electron chi connectivity index (χ2n) is 9.11. The maximum absolute atomic E-state index is 5.86. The van der Waals surface area contributed by atoms with Crippen LogP contribution in [0, 0.1) is 5.92 Å². The Morgan fingerprint density at radius 3 is 2.42 bits per heavy atom. The Hall–Kier alpha value is -0.900. The largest absolute Gasteiger partial charge is 0.381 e. The molecule has 6 nitrogen and oxygen atoms in total. The fourth-order valence-electron chi connectivity index (χ4n) is 4.36. The van der Waals surface area contributed by atoms with Gasteiger partial charge in [-0.25, -0.2) is 4.99 Å². The van der Waals surface area contributed by atoms with Gasteiger partial charge in [-0.05, 0) is 69.2 Å². The zero-order valence-electron chi connectivity index (χ0n) is 20.5. The average Bonchev–Trinajstić information content (AvgIpc) is 3.10. The predicted molar refractivity (Wildman–Crippen MR) is 147 cm³/mol. The van der Waals surface area contributed by atoms with E-state index < -0.39 is 0 Å². The van der Waals surface area contributed by atoms with Crippen LogP contribution in [0.1, 0.15) is 63.0 Å². The molecule has 2 fully saturated rings. The molecule has 188 valence electrons. The average molecular weight is 573 g/mol. The van der Waals surface area contributed by atoms with E-state index in [2.05, 4.69) is 46.7 Å². The summed E-state index contributed by atoms with van der Waals surface area (Å²) in [4.78, 5) is 7.36. The van der Waals surface area contributed by atoms with Crippen molar-refractivity contribution in [2.24, 2.45) is 10.9 Å². The highest BCUT2D eigenvalue weighted by atomic mass is 127. The lowest BCUT2D eigenvalue weighted by Crippen LogP contribution is -2.38. The van der Waals surface area contributed by atoms with Crippen molar-refractivity contribution in [3.8, 4) is 0 Å². The number of guanidine groups is 1. The molecule has 33 heavy (non-hydrogen) atoms. The fourth-order valence-corrected chi connectivity index (χ4v) is 4.36. The molecule has 0 unspecified atom stereocenters. The summed E-state index contributed by atoms with van der Waals surface area (Å²) in [5.41, 5.74) is 2.66. The number of hydrogen-bond donors (Lipinski definition) is 2. The van der Waals surface area contributed by atoms with Gasteiger partial charge in [0.1, 0.15) is 0 Å². The van der Waals surface area contributed by atoms with E-state index in [4.69, 9.17) is 14.5 Å². The molecular formula is C26H45IN4O2. The van der Waals surface area contributed by atoms with Crippen molar-refractivity contribution in [1.82, 2.24) is 15.5 Å². The van der Waals surface area contributed by atoms with Crippen LogP contribution in [0.15, 0.2) is 29.3 Å². The SMILES string of the molecule is CCNC(=NCc1ccc(CN2CCCCCC2)cc1)NCCCOCC1CCOCC1.I. The van der Waals surface area contributed by atoms with Gasteiger partial charge in [-0.2, -0.15) is 0 Å². The molecule has 2 N–H and O–H groups in total. The molecule has 7 heteroatoms. The van der Waals surface area contributed by atoms with Crippen LogP contribution in [0.25, 0.3) is 0 Å². The number of rotatable bonds is 11. The van der Waals surface area contributed by atoms with Crippen LogP contribution in [0.2, 0.25) is 0 Å². The third-order valence-corrected chi connectivity index (χ3v) is 6.34. The lowest BCUT2D eigenvalue weighted by molar-refractivity contribution is 0.0203. The first-order chi connectivity index (χ1) is 15.8. The van der Waals surface area contributed by atoms with Crippen LogP contribution < -0.4 is 10.6 Å². The Morgan fingerprint density at radius 2 is 1.73 bits per heavy atom. The van der Waals surface area contributed by atoms with Gasteiger partial charge in [0.05, 0.1) is 6.54 Å². The van der Waals surface area contributed by atoms with Crippen LogP contribution in [-0.4, -0.2) is 63.5 Å². The van der Waals surface area contributed by atoms with Gasteiger partial charge < -0.3 is 20.1 Å². The number of hydrogen-bond acceptors (Lipinski definition) is 4. The lowest BCUT2D eigenvalue weighted by atomic mass is 10.0. The van der Waals surface area contributed by atoms with E-state index in [0.717, 1.165) is 71.3 Å². The van der Waals surface area contributed by atoms with Crippen molar-refractivity contribution >= 4 is 29.9 Å². The van der Waals surface area contributed by atoms with E-state index >= 15 is 0 Å². The van der Waals surface area contributed by atoms with Crippen molar-refractivity contribution in [2.45, 2.75) is 65.0 Å². The summed E-state index contributed by atoms with van der Waals surface area (Å²) in [6.45, 7) is 11.5. The highest BCUT2D eigenvalue weighted by Crippen LogP contribution is 2.15. The summed E-state index contributed by atoms with van der Waals surface area (Å²) in [6, 6.07) is 8.99. The minimum atomic E-state index is 0. The van der Waals surface area contributed by atoms with E-state index in [1.807, 2.05) is 0 Å². The molecule has 0 atom stereocenters. The first-order valence-corrected chi connectivity index (χ1v) is 12.8. The van der Waals surface area contributed by atoms with Gasteiger partial charge in [0.15, 0.2) is 5.96 Å². The summed E-state index contributed by atoms with van der Waals surface area (Å²) in [6.07, 6.45) is 8.71. The van der Waals surface area contributed by atoms with E-state index in [1.165, 1.54) is 49.9 Å². The zero-order chi connectivity index (χ0) is 22.3. The topological polar surface area (TPSA) is 58.1 Å². The van der Waals surface area contributed by atoms with Gasteiger partial charge in [0.2, 0.25) is 0 Å². The standard InChI is InChI=1S/C26H44N4O2.HI/c1-2-27-26(28-14-7-17-32-22-25-12-18-31-19-13-25)29-20-23-8-10-24(11-9-23)21-30-15-5-3-4-6-16-30;/h8-11,25H,2-7,12-22H2,1H3,(H2,27,28,29);1H. The van der Waals surface area contributed by atoms with Gasteiger partial charge in [0, 0.05) is 46.1 Å². The zero-order valence-corrected chi connectivity index (χ0v) is 22.9. The normalized spacial score (nSPS) is 18.4. The Morgan fingerprint density at radius 1 is 1.03 bits per heavy atom. The van der Waals surface area contributed by atoms with Crippen LogP contribution >= 0.6 is 24.0 Å². The molecule has 2 aliphatic heterocycles. The summed E-state index contributed by atoms with van der Waals surface area (Å²) < 4.78 is 11.3. The van der Waals surface area contributed by atoms with Crippen molar-refractivity contribution in [2.75, 3.05) is 52.6 Å². The van der Waals surface area contributed by atoms with Gasteiger partial charge in [-0.15, -0.1) is 24.0 Å². The van der Waals surface area contributed by atoms with Crippen molar-refractivity contribution in [3.05, 3.63) is 35.4 Å². The molecule has 1 aromatic rings. The van der Waals surface area contributed by atoms with Crippen molar-refractivity contribution < 1.29 is 9.47 Å². The maximum Gasteiger partial charge on any atom is 0.191 e. The summed E-state index contributed by atoms with van der Waals surface area (Å²) in [7, 11) is 0. The highest BCUT2D eigenvalue weighted by molar-refractivity contribution is 14.0. The lowest BCUT2D eigenvalue weighted by Gasteiger charge is -2.21. The molecule has 0 bridgehead atoms. The van der Waals surface area contributed by atoms with E-state index in [0.29, 0.717) is 12.5 Å². The number of nitrogens with one attached hydrogen (secondary N) is 2. The third kappa shape index (κ3) is 11.9. The van der Waals surface area contributed by atoms with E-state index in [-0.39, 0.29) is 24.0 Å². The second-order valence-corrected chi connectivity index (χ2v) is 9.11. The summed E-state index contributed by atoms with van der Waals surface area (Å²) in [5.74, 6) is 1.55. The van der Waals surface area contributed by atoms with Crippen LogP contribution in [0.5, 0.6) is 0 Å². The molecule has 2 saturated heterocycles. The molecule has 0 amide bonds. The van der Waals surface area contributed by atoms with Gasteiger partial charge in [-0.3, -0.25) is 4.90 Å². The Labute approximate surface area is 218 Å². The second kappa shape index (κ2) is 17.5. The number of ether oxygens (including phenoxy) is 2. The Bertz CT molecular complexity index is 642. The fraction of sp³-hybridized carbons (Fsp3) is 0.731. The monoisotopic (exact) mass is 572 g/mol. The molecule has 0 aliphatic carbocycles. The first kappa shape index (κ1) is 28.3. The van der Waals surface area contributed by atoms with E-state index in [9.17, 15) is 0 Å². The van der Waals surface area contributed by atoms with Crippen LogP contribution in [-0.2, 0) is 22.6 Å². The summed E-state index contributed by atoms with van der Waals surface area (Å²) >= 11 is 0. The molecule has 1 aromatic carbocycles. The minimum absolute atomic E-state index is 0. The van der Waals surface area contributed by atoms with E-state index in [1.54, 1.807) is 0 Å². The minimum Gasteiger partial charge on any atom is -0.381 e. The Balaban J connectivity index is 0.00000385. The quantitative estimate of drug-likeness (QED) is 0.176. The molecule has 0 saturated carbocycles. The van der Waals surface area contributed by atoms with Crippen LogP contribution in [0.4, 0.5) is 0 Å². The van der Waals surface area contributed by atoms with Crippen molar-refractivity contribution in [3.63, 3.8) is 0 Å². The molecule has 0 radical (unpaired) electrons. The number of halogens is 1. The third-order valence-electron chi connectivity index (χ3n) is 6.34.